The van der Waals surface area contributed by atoms with Gasteiger partial charge < -0.3 is 15.4 Å². The van der Waals surface area contributed by atoms with Gasteiger partial charge in [-0.3, -0.25) is 0 Å². The molecular formula is C17H28N2O. The van der Waals surface area contributed by atoms with E-state index < -0.39 is 0 Å². The fourth-order valence-corrected chi connectivity index (χ4v) is 2.82. The lowest BCUT2D eigenvalue weighted by Gasteiger charge is -2.27. The molecule has 3 heteroatoms. The number of rotatable bonds is 6. The zero-order chi connectivity index (χ0) is 14.4. The number of benzene rings is 1. The van der Waals surface area contributed by atoms with Gasteiger partial charge in [0.2, 0.25) is 0 Å². The molecule has 0 radical (unpaired) electrons. The van der Waals surface area contributed by atoms with Crippen molar-refractivity contribution in [2.45, 2.75) is 32.2 Å². The van der Waals surface area contributed by atoms with E-state index in [1.54, 1.807) is 0 Å². The first-order chi connectivity index (χ1) is 9.65. The first-order valence-corrected chi connectivity index (χ1v) is 7.73. The molecule has 1 fully saturated rings. The highest BCUT2D eigenvalue weighted by Gasteiger charge is 2.16. The van der Waals surface area contributed by atoms with Gasteiger partial charge in [-0.15, -0.1) is 0 Å². The molecule has 0 aromatic heterocycles. The molecule has 2 unspecified atom stereocenters. The lowest BCUT2D eigenvalue weighted by molar-refractivity contribution is 0.0417. The number of hydrogen-bond acceptors (Lipinski definition) is 3. The minimum Gasteiger partial charge on any atom is -0.381 e. The molecule has 1 aliphatic rings. The van der Waals surface area contributed by atoms with Gasteiger partial charge in [0.25, 0.3) is 0 Å². The molecule has 1 aromatic rings. The maximum atomic E-state index is 6.28. The van der Waals surface area contributed by atoms with Crippen LogP contribution < -0.4 is 5.73 Å². The van der Waals surface area contributed by atoms with Crippen LogP contribution in [0.25, 0.3) is 0 Å². The largest absolute Gasteiger partial charge is 0.381 e. The predicted molar refractivity (Wildman–Crippen MR) is 83.8 cm³/mol. The van der Waals surface area contributed by atoms with Gasteiger partial charge in [-0.05, 0) is 51.3 Å². The van der Waals surface area contributed by atoms with Crippen LogP contribution in [0.1, 0.15) is 36.4 Å². The fraction of sp³-hybridized carbons (Fsp3) is 0.647. The first-order valence-electron chi connectivity index (χ1n) is 7.73. The van der Waals surface area contributed by atoms with E-state index in [-0.39, 0.29) is 6.04 Å². The van der Waals surface area contributed by atoms with Crippen LogP contribution in [0, 0.1) is 12.8 Å². The van der Waals surface area contributed by atoms with Crippen LogP contribution >= 0.6 is 0 Å². The summed E-state index contributed by atoms with van der Waals surface area (Å²) in [4.78, 5) is 2.40. The standard InChI is InChI=1S/C17H28N2O/c1-14-5-7-16(8-6-14)17(18)9-10-19(2)12-15-4-3-11-20-13-15/h5-8,15,17H,3-4,9-13,18H2,1-2H3. The molecule has 2 N–H and O–H groups in total. The van der Waals surface area contributed by atoms with Crippen LogP contribution in [-0.4, -0.2) is 38.3 Å². The van der Waals surface area contributed by atoms with Crippen molar-refractivity contribution in [3.05, 3.63) is 35.4 Å². The Hall–Kier alpha value is -0.900. The van der Waals surface area contributed by atoms with Gasteiger partial charge in [-0.1, -0.05) is 29.8 Å². The smallest absolute Gasteiger partial charge is 0.0506 e. The third-order valence-electron chi connectivity index (χ3n) is 4.15. The summed E-state index contributed by atoms with van der Waals surface area (Å²) in [5.41, 5.74) is 8.80. The van der Waals surface area contributed by atoms with E-state index in [1.807, 2.05) is 0 Å². The topological polar surface area (TPSA) is 38.5 Å². The molecular weight excluding hydrogens is 248 g/mol. The predicted octanol–water partition coefficient (Wildman–Crippen LogP) is 2.74. The van der Waals surface area contributed by atoms with Gasteiger partial charge in [-0.2, -0.15) is 0 Å². The van der Waals surface area contributed by atoms with Crippen molar-refractivity contribution in [1.82, 2.24) is 4.90 Å². The maximum absolute atomic E-state index is 6.28. The Morgan fingerprint density at radius 3 is 2.75 bits per heavy atom. The summed E-state index contributed by atoms with van der Waals surface area (Å²) >= 11 is 0. The molecule has 0 aliphatic carbocycles. The second-order valence-corrected chi connectivity index (χ2v) is 6.15. The first kappa shape index (κ1) is 15.5. The van der Waals surface area contributed by atoms with Crippen molar-refractivity contribution in [3.63, 3.8) is 0 Å². The molecule has 20 heavy (non-hydrogen) atoms. The zero-order valence-corrected chi connectivity index (χ0v) is 12.8. The van der Waals surface area contributed by atoms with Gasteiger partial charge in [0.1, 0.15) is 0 Å². The van der Waals surface area contributed by atoms with Crippen LogP contribution in [0.15, 0.2) is 24.3 Å². The van der Waals surface area contributed by atoms with E-state index in [9.17, 15) is 0 Å². The highest BCUT2D eigenvalue weighted by Crippen LogP contribution is 2.17. The lowest BCUT2D eigenvalue weighted by Crippen LogP contribution is -2.32. The molecule has 0 amide bonds. The van der Waals surface area contributed by atoms with E-state index in [4.69, 9.17) is 10.5 Å². The van der Waals surface area contributed by atoms with Crippen LogP contribution in [0.5, 0.6) is 0 Å². The Labute approximate surface area is 123 Å². The average Bonchev–Trinajstić information content (AvgIpc) is 2.46. The quantitative estimate of drug-likeness (QED) is 0.868. The van der Waals surface area contributed by atoms with E-state index in [0.29, 0.717) is 5.92 Å². The molecule has 0 spiro atoms. The van der Waals surface area contributed by atoms with Crippen molar-refractivity contribution in [1.29, 1.82) is 0 Å². The van der Waals surface area contributed by atoms with Crippen molar-refractivity contribution in [2.75, 3.05) is 33.4 Å². The Kier molecular flexibility index (Phi) is 6.02. The summed E-state index contributed by atoms with van der Waals surface area (Å²) in [7, 11) is 2.19. The highest BCUT2D eigenvalue weighted by atomic mass is 16.5. The van der Waals surface area contributed by atoms with E-state index >= 15 is 0 Å². The molecule has 1 saturated heterocycles. The third kappa shape index (κ3) is 4.89. The number of hydrogen-bond donors (Lipinski definition) is 1. The molecule has 2 rings (SSSR count). The summed E-state index contributed by atoms with van der Waals surface area (Å²) in [6, 6.07) is 8.71. The fourth-order valence-electron chi connectivity index (χ4n) is 2.82. The number of aryl methyl sites for hydroxylation is 1. The molecule has 3 nitrogen and oxygen atoms in total. The monoisotopic (exact) mass is 276 g/mol. The van der Waals surface area contributed by atoms with Crippen molar-refractivity contribution in [3.8, 4) is 0 Å². The second-order valence-electron chi connectivity index (χ2n) is 6.15. The minimum atomic E-state index is 0.139. The van der Waals surface area contributed by atoms with Crippen LogP contribution in [0.4, 0.5) is 0 Å². The molecule has 1 aromatic carbocycles. The average molecular weight is 276 g/mol. The van der Waals surface area contributed by atoms with Gasteiger partial charge >= 0.3 is 0 Å². The summed E-state index contributed by atoms with van der Waals surface area (Å²) < 4.78 is 5.54. The van der Waals surface area contributed by atoms with Gasteiger partial charge in [0.05, 0.1) is 6.61 Å². The molecule has 1 aliphatic heterocycles. The normalized spacial score (nSPS) is 21.1. The molecule has 2 atom stereocenters. The minimum absolute atomic E-state index is 0.139. The van der Waals surface area contributed by atoms with E-state index in [1.165, 1.54) is 24.0 Å². The maximum Gasteiger partial charge on any atom is 0.0506 e. The SMILES string of the molecule is Cc1ccc(C(N)CCN(C)CC2CCCOC2)cc1. The summed E-state index contributed by atoms with van der Waals surface area (Å²) in [5, 5.41) is 0. The van der Waals surface area contributed by atoms with E-state index in [0.717, 1.165) is 32.7 Å². The third-order valence-corrected chi connectivity index (χ3v) is 4.15. The zero-order valence-electron chi connectivity index (χ0n) is 12.8. The summed E-state index contributed by atoms with van der Waals surface area (Å²) in [6.45, 7) is 6.15. The summed E-state index contributed by atoms with van der Waals surface area (Å²) in [5.74, 6) is 0.698. The van der Waals surface area contributed by atoms with Crippen LogP contribution in [-0.2, 0) is 4.74 Å². The highest BCUT2D eigenvalue weighted by molar-refractivity contribution is 5.23. The van der Waals surface area contributed by atoms with Crippen molar-refractivity contribution < 1.29 is 4.74 Å². The second kappa shape index (κ2) is 7.77. The van der Waals surface area contributed by atoms with Gasteiger partial charge in [0, 0.05) is 19.2 Å². The molecule has 0 saturated carbocycles. The van der Waals surface area contributed by atoms with Crippen molar-refractivity contribution in [2.24, 2.45) is 11.7 Å². The molecule has 112 valence electrons. The summed E-state index contributed by atoms with van der Waals surface area (Å²) in [6.07, 6.45) is 3.52. The van der Waals surface area contributed by atoms with Gasteiger partial charge in [0.15, 0.2) is 0 Å². The molecule has 1 heterocycles. The Morgan fingerprint density at radius 2 is 2.10 bits per heavy atom. The lowest BCUT2D eigenvalue weighted by atomic mass is 10.0. The Balaban J connectivity index is 1.71. The molecule has 0 bridgehead atoms. The van der Waals surface area contributed by atoms with Crippen LogP contribution in [0.3, 0.4) is 0 Å². The Bertz CT molecular complexity index is 384. The van der Waals surface area contributed by atoms with E-state index in [2.05, 4.69) is 43.1 Å². The van der Waals surface area contributed by atoms with Crippen LogP contribution in [0.2, 0.25) is 0 Å². The Morgan fingerprint density at radius 1 is 1.35 bits per heavy atom. The van der Waals surface area contributed by atoms with Gasteiger partial charge in [-0.25, -0.2) is 0 Å². The number of ether oxygens (including phenoxy) is 1. The van der Waals surface area contributed by atoms with Crippen molar-refractivity contribution >= 4 is 0 Å². The number of nitrogens with two attached hydrogens (primary N) is 1. The number of nitrogens with zero attached hydrogens (tertiary/aromatic N) is 1.